The van der Waals surface area contributed by atoms with Crippen LogP contribution in [-0.4, -0.2) is 70.2 Å². The van der Waals surface area contributed by atoms with Gasteiger partial charge in [0.05, 0.1) is 32.4 Å². The van der Waals surface area contributed by atoms with Gasteiger partial charge >= 0.3 is 0 Å². The third-order valence-corrected chi connectivity index (χ3v) is 4.82. The summed E-state index contributed by atoms with van der Waals surface area (Å²) in [6.45, 7) is 5.46. The van der Waals surface area contributed by atoms with Crippen LogP contribution in [0.3, 0.4) is 0 Å². The minimum absolute atomic E-state index is 0.516. The van der Waals surface area contributed by atoms with Crippen molar-refractivity contribution in [3.63, 3.8) is 0 Å². The number of halogens is 1. The fraction of sp³-hybridized carbons (Fsp3) is 0.526. The minimum atomic E-state index is 0.516. The van der Waals surface area contributed by atoms with E-state index in [1.807, 2.05) is 18.2 Å². The molecule has 142 valence electrons. The van der Waals surface area contributed by atoms with Crippen LogP contribution in [0.4, 0.5) is 0 Å². The van der Waals surface area contributed by atoms with Crippen LogP contribution in [0.2, 0.25) is 5.02 Å². The van der Waals surface area contributed by atoms with Crippen molar-refractivity contribution >= 4 is 22.5 Å². The van der Waals surface area contributed by atoms with E-state index < -0.39 is 0 Å². The van der Waals surface area contributed by atoms with E-state index in [-0.39, 0.29) is 0 Å². The van der Waals surface area contributed by atoms with Crippen molar-refractivity contribution < 1.29 is 18.9 Å². The molecule has 1 fully saturated rings. The number of methoxy groups -OCH3 is 2. The summed E-state index contributed by atoms with van der Waals surface area (Å²) in [7, 11) is 3.32. The molecule has 0 aliphatic carbocycles. The summed E-state index contributed by atoms with van der Waals surface area (Å²) in [4.78, 5) is 7.00. The lowest BCUT2D eigenvalue weighted by Crippen LogP contribution is -2.38. The predicted molar refractivity (Wildman–Crippen MR) is 102 cm³/mol. The summed E-state index contributed by atoms with van der Waals surface area (Å²) in [5.41, 5.74) is 1.57. The fourth-order valence-corrected chi connectivity index (χ4v) is 3.25. The highest BCUT2D eigenvalue weighted by Gasteiger charge is 2.15. The lowest BCUT2D eigenvalue weighted by Gasteiger charge is -2.26. The Labute approximate surface area is 158 Å². The normalized spacial score (nSPS) is 15.3. The first-order valence-electron chi connectivity index (χ1n) is 8.81. The van der Waals surface area contributed by atoms with E-state index >= 15 is 0 Å². The second-order valence-electron chi connectivity index (χ2n) is 6.13. The predicted octanol–water partition coefficient (Wildman–Crippen LogP) is 2.80. The molecule has 0 N–H and O–H groups in total. The summed E-state index contributed by atoms with van der Waals surface area (Å²) in [5.74, 6) is 1.40. The van der Waals surface area contributed by atoms with Gasteiger partial charge in [-0.05, 0) is 12.1 Å². The van der Waals surface area contributed by atoms with Gasteiger partial charge in [-0.25, -0.2) is 0 Å². The van der Waals surface area contributed by atoms with E-state index in [1.165, 1.54) is 0 Å². The van der Waals surface area contributed by atoms with Crippen molar-refractivity contribution in [2.45, 2.75) is 6.42 Å². The van der Waals surface area contributed by atoms with Gasteiger partial charge in [-0.1, -0.05) is 11.6 Å². The molecular weight excluding hydrogens is 356 g/mol. The van der Waals surface area contributed by atoms with Crippen molar-refractivity contribution in [2.75, 3.05) is 60.3 Å². The molecule has 1 aromatic carbocycles. The van der Waals surface area contributed by atoms with Crippen LogP contribution in [0.5, 0.6) is 11.5 Å². The van der Waals surface area contributed by atoms with Crippen molar-refractivity contribution in [3.05, 3.63) is 28.9 Å². The molecule has 7 heteroatoms. The van der Waals surface area contributed by atoms with E-state index in [1.54, 1.807) is 14.2 Å². The molecule has 0 spiro atoms. The molecular formula is C19H25ClN2O4. The number of nitrogens with zero attached hydrogens (tertiary/aromatic N) is 2. The van der Waals surface area contributed by atoms with Gasteiger partial charge in [0.2, 0.25) is 0 Å². The quantitative estimate of drug-likeness (QED) is 0.702. The monoisotopic (exact) mass is 380 g/mol. The minimum Gasteiger partial charge on any atom is -0.496 e. The number of morpholine rings is 1. The molecule has 2 aromatic rings. The molecule has 0 saturated carbocycles. The maximum absolute atomic E-state index is 6.59. The van der Waals surface area contributed by atoms with Gasteiger partial charge in [0.25, 0.3) is 0 Å². The van der Waals surface area contributed by atoms with Crippen molar-refractivity contribution in [3.8, 4) is 11.5 Å². The molecule has 0 unspecified atom stereocenters. The van der Waals surface area contributed by atoms with Crippen LogP contribution in [0.25, 0.3) is 10.9 Å². The van der Waals surface area contributed by atoms with Crippen LogP contribution in [0.1, 0.15) is 5.69 Å². The molecule has 26 heavy (non-hydrogen) atoms. The highest BCUT2D eigenvalue weighted by Crippen LogP contribution is 2.36. The van der Waals surface area contributed by atoms with E-state index in [0.29, 0.717) is 35.9 Å². The number of ether oxygens (including phenoxy) is 4. The molecule has 0 radical (unpaired) electrons. The first-order chi connectivity index (χ1) is 12.7. The van der Waals surface area contributed by atoms with E-state index in [4.69, 9.17) is 30.5 Å². The SMILES string of the molecule is COCCc1cc(OC)c2ccc(OCCN3CCOCC3)c(Cl)c2n1. The Hall–Kier alpha value is -1.60. The summed E-state index contributed by atoms with van der Waals surface area (Å²) in [6, 6.07) is 5.75. The molecule has 1 aromatic heterocycles. The maximum atomic E-state index is 6.59. The van der Waals surface area contributed by atoms with Crippen molar-refractivity contribution in [2.24, 2.45) is 0 Å². The van der Waals surface area contributed by atoms with Gasteiger partial charge in [-0.15, -0.1) is 0 Å². The van der Waals surface area contributed by atoms with E-state index in [0.717, 1.165) is 49.7 Å². The van der Waals surface area contributed by atoms with E-state index in [9.17, 15) is 0 Å². The largest absolute Gasteiger partial charge is 0.496 e. The van der Waals surface area contributed by atoms with Gasteiger partial charge in [-0.3, -0.25) is 9.88 Å². The number of aromatic nitrogens is 1. The maximum Gasteiger partial charge on any atom is 0.140 e. The molecule has 0 bridgehead atoms. The molecule has 3 rings (SSSR count). The standard InChI is InChI=1S/C19H25ClN2O4/c1-23-9-5-14-13-17(24-2)15-3-4-16(18(20)19(15)21-14)26-12-8-22-6-10-25-11-7-22/h3-4,13H,5-12H2,1-2H3. The molecule has 1 aliphatic heterocycles. The summed E-state index contributed by atoms with van der Waals surface area (Å²) in [5, 5.41) is 1.39. The highest BCUT2D eigenvalue weighted by atomic mass is 35.5. The number of hydrogen-bond donors (Lipinski definition) is 0. The van der Waals surface area contributed by atoms with Crippen molar-refractivity contribution in [1.29, 1.82) is 0 Å². The molecule has 6 nitrogen and oxygen atoms in total. The lowest BCUT2D eigenvalue weighted by molar-refractivity contribution is 0.0322. The second-order valence-corrected chi connectivity index (χ2v) is 6.51. The third kappa shape index (κ3) is 4.57. The number of rotatable bonds is 8. The average Bonchev–Trinajstić information content (AvgIpc) is 2.68. The Morgan fingerprint density at radius 3 is 2.69 bits per heavy atom. The summed E-state index contributed by atoms with van der Waals surface area (Å²) < 4.78 is 21.9. The van der Waals surface area contributed by atoms with Gasteiger partial charge in [0, 0.05) is 50.3 Å². The van der Waals surface area contributed by atoms with Crippen LogP contribution in [0, 0.1) is 0 Å². The van der Waals surface area contributed by atoms with Crippen LogP contribution >= 0.6 is 11.6 Å². The number of pyridine rings is 1. The Morgan fingerprint density at radius 1 is 1.15 bits per heavy atom. The van der Waals surface area contributed by atoms with E-state index in [2.05, 4.69) is 9.88 Å². The number of hydrogen-bond acceptors (Lipinski definition) is 6. The fourth-order valence-electron chi connectivity index (χ4n) is 2.98. The smallest absolute Gasteiger partial charge is 0.140 e. The molecule has 1 aliphatic rings. The zero-order valence-electron chi connectivity index (χ0n) is 15.3. The Kier molecular flexibility index (Phi) is 6.91. The zero-order chi connectivity index (χ0) is 18.4. The summed E-state index contributed by atoms with van der Waals surface area (Å²) >= 11 is 6.59. The lowest BCUT2D eigenvalue weighted by atomic mass is 10.1. The highest BCUT2D eigenvalue weighted by molar-refractivity contribution is 6.36. The van der Waals surface area contributed by atoms with Crippen LogP contribution in [-0.2, 0) is 15.9 Å². The van der Waals surface area contributed by atoms with Gasteiger partial charge in [-0.2, -0.15) is 0 Å². The Balaban J connectivity index is 1.77. The number of benzene rings is 1. The molecule has 0 atom stereocenters. The topological polar surface area (TPSA) is 53.0 Å². The second kappa shape index (κ2) is 9.37. The Bertz CT molecular complexity index is 735. The Morgan fingerprint density at radius 2 is 1.96 bits per heavy atom. The van der Waals surface area contributed by atoms with Gasteiger partial charge in [0.15, 0.2) is 0 Å². The first-order valence-corrected chi connectivity index (χ1v) is 9.18. The average molecular weight is 381 g/mol. The number of fused-ring (bicyclic) bond motifs is 1. The molecule has 1 saturated heterocycles. The van der Waals surface area contributed by atoms with Crippen LogP contribution < -0.4 is 9.47 Å². The van der Waals surface area contributed by atoms with Crippen LogP contribution in [0.15, 0.2) is 18.2 Å². The summed E-state index contributed by atoms with van der Waals surface area (Å²) in [6.07, 6.45) is 0.696. The zero-order valence-corrected chi connectivity index (χ0v) is 16.1. The third-order valence-electron chi connectivity index (χ3n) is 4.45. The van der Waals surface area contributed by atoms with Gasteiger partial charge < -0.3 is 18.9 Å². The first kappa shape index (κ1) is 19.2. The van der Waals surface area contributed by atoms with Gasteiger partial charge in [0.1, 0.15) is 23.1 Å². The van der Waals surface area contributed by atoms with Crippen molar-refractivity contribution in [1.82, 2.24) is 9.88 Å². The molecule has 2 heterocycles. The molecule has 0 amide bonds.